The van der Waals surface area contributed by atoms with Gasteiger partial charge in [-0.3, -0.25) is 0 Å². The van der Waals surface area contributed by atoms with Crippen LogP contribution in [0.5, 0.6) is 11.5 Å². The molecule has 4 nitrogen and oxygen atoms in total. The third kappa shape index (κ3) is 2.98. The Hall–Kier alpha value is -2.54. The topological polar surface area (TPSA) is 57.9 Å². The van der Waals surface area contributed by atoms with Gasteiger partial charge in [-0.2, -0.15) is 5.26 Å². The molecule has 1 N–H and O–H groups in total. The summed E-state index contributed by atoms with van der Waals surface area (Å²) in [5.41, 5.74) is 0.577. The number of pyridine rings is 1. The largest absolute Gasteiger partial charge is 0.457 e. The molecule has 90 valence electrons. The summed E-state index contributed by atoms with van der Waals surface area (Å²) in [6.45, 7) is 2.81. The zero-order valence-corrected chi connectivity index (χ0v) is 10.1. The Balaban J connectivity index is 2.18. The second-order valence-corrected chi connectivity index (χ2v) is 3.65. The van der Waals surface area contributed by atoms with Crippen molar-refractivity contribution in [1.29, 1.82) is 5.26 Å². The van der Waals surface area contributed by atoms with E-state index in [0.717, 1.165) is 12.4 Å². The molecule has 0 aliphatic rings. The molecule has 0 aliphatic carbocycles. The first-order valence-electron chi connectivity index (χ1n) is 5.70. The third-order valence-electron chi connectivity index (χ3n) is 2.29. The molecule has 1 aromatic heterocycles. The highest BCUT2D eigenvalue weighted by Crippen LogP contribution is 2.23. The Labute approximate surface area is 106 Å². The second kappa shape index (κ2) is 5.69. The van der Waals surface area contributed by atoms with E-state index in [2.05, 4.69) is 16.4 Å². The van der Waals surface area contributed by atoms with E-state index in [1.807, 2.05) is 19.1 Å². The number of nitrogens with one attached hydrogen (secondary N) is 1. The van der Waals surface area contributed by atoms with Crippen LogP contribution in [0.4, 0.5) is 5.82 Å². The first kappa shape index (κ1) is 11.9. The van der Waals surface area contributed by atoms with Crippen LogP contribution in [-0.2, 0) is 0 Å². The average Bonchev–Trinajstić information content (AvgIpc) is 2.40. The Morgan fingerprint density at radius 3 is 2.89 bits per heavy atom. The quantitative estimate of drug-likeness (QED) is 0.890. The van der Waals surface area contributed by atoms with E-state index in [-0.39, 0.29) is 0 Å². The molecule has 18 heavy (non-hydrogen) atoms. The van der Waals surface area contributed by atoms with Crippen LogP contribution in [0, 0.1) is 11.3 Å². The van der Waals surface area contributed by atoms with E-state index in [1.165, 1.54) is 0 Å². The van der Waals surface area contributed by atoms with E-state index in [0.29, 0.717) is 17.1 Å². The third-order valence-corrected chi connectivity index (χ3v) is 2.29. The molecule has 0 saturated carbocycles. The highest BCUT2D eigenvalue weighted by Gasteiger charge is 2.00. The summed E-state index contributed by atoms with van der Waals surface area (Å²) in [5.74, 6) is 2.10. The number of hydrogen-bond acceptors (Lipinski definition) is 4. The molecule has 0 bridgehead atoms. The number of nitriles is 1. The molecule has 4 heteroatoms. The molecule has 0 radical (unpaired) electrons. The highest BCUT2D eigenvalue weighted by molar-refractivity contribution is 5.43. The van der Waals surface area contributed by atoms with Crippen molar-refractivity contribution in [3.8, 4) is 17.6 Å². The molecule has 0 atom stereocenters. The monoisotopic (exact) mass is 239 g/mol. The Morgan fingerprint density at radius 1 is 1.28 bits per heavy atom. The predicted molar refractivity (Wildman–Crippen MR) is 69.6 cm³/mol. The predicted octanol–water partition coefficient (Wildman–Crippen LogP) is 3.18. The van der Waals surface area contributed by atoms with Crippen molar-refractivity contribution in [2.24, 2.45) is 0 Å². The molecule has 0 spiro atoms. The zero-order chi connectivity index (χ0) is 12.8. The Morgan fingerprint density at radius 2 is 2.11 bits per heavy atom. The van der Waals surface area contributed by atoms with Gasteiger partial charge in [-0.25, -0.2) is 4.98 Å². The number of hydrogen-bond donors (Lipinski definition) is 1. The van der Waals surface area contributed by atoms with E-state index >= 15 is 0 Å². The zero-order valence-electron chi connectivity index (χ0n) is 10.1. The highest BCUT2D eigenvalue weighted by atomic mass is 16.5. The fraction of sp³-hybridized carbons (Fsp3) is 0.143. The summed E-state index contributed by atoms with van der Waals surface area (Å²) < 4.78 is 5.68. The van der Waals surface area contributed by atoms with Crippen LogP contribution in [0.2, 0.25) is 0 Å². The summed E-state index contributed by atoms with van der Waals surface area (Å²) >= 11 is 0. The molecule has 2 aromatic rings. The lowest BCUT2D eigenvalue weighted by Gasteiger charge is -2.07. The molecular formula is C14H13N3O. The molecule has 1 aromatic carbocycles. The fourth-order valence-electron chi connectivity index (χ4n) is 1.52. The van der Waals surface area contributed by atoms with Gasteiger partial charge in [0.05, 0.1) is 11.6 Å². The van der Waals surface area contributed by atoms with Gasteiger partial charge in [0.25, 0.3) is 0 Å². The number of nitrogens with zero attached hydrogens (tertiary/aromatic N) is 2. The van der Waals surface area contributed by atoms with Crippen molar-refractivity contribution in [3.63, 3.8) is 0 Å². The van der Waals surface area contributed by atoms with Gasteiger partial charge in [0.15, 0.2) is 0 Å². The SMILES string of the molecule is CCNc1cc(Oc2cccc(C#N)c2)ccn1. The van der Waals surface area contributed by atoms with Gasteiger partial charge < -0.3 is 10.1 Å². The molecule has 2 rings (SSSR count). The molecule has 0 fully saturated rings. The lowest BCUT2D eigenvalue weighted by atomic mass is 10.2. The van der Waals surface area contributed by atoms with E-state index in [9.17, 15) is 0 Å². The van der Waals surface area contributed by atoms with Crippen molar-refractivity contribution in [2.75, 3.05) is 11.9 Å². The first-order chi connectivity index (χ1) is 8.81. The van der Waals surface area contributed by atoms with Crippen molar-refractivity contribution in [3.05, 3.63) is 48.2 Å². The summed E-state index contributed by atoms with van der Waals surface area (Å²) in [6.07, 6.45) is 1.68. The maximum absolute atomic E-state index is 8.82. The average molecular weight is 239 g/mol. The fourth-order valence-corrected chi connectivity index (χ4v) is 1.52. The molecule has 0 saturated heterocycles. The van der Waals surface area contributed by atoms with Crippen LogP contribution in [0.15, 0.2) is 42.6 Å². The molecule has 0 aliphatic heterocycles. The number of benzene rings is 1. The van der Waals surface area contributed by atoms with Gasteiger partial charge >= 0.3 is 0 Å². The number of rotatable bonds is 4. The number of anilines is 1. The lowest BCUT2D eigenvalue weighted by molar-refractivity contribution is 0.482. The smallest absolute Gasteiger partial charge is 0.132 e. The summed E-state index contributed by atoms with van der Waals surface area (Å²) in [7, 11) is 0. The molecule has 1 heterocycles. The minimum Gasteiger partial charge on any atom is -0.457 e. The number of ether oxygens (including phenoxy) is 1. The van der Waals surface area contributed by atoms with Gasteiger partial charge in [0.2, 0.25) is 0 Å². The van der Waals surface area contributed by atoms with Crippen LogP contribution < -0.4 is 10.1 Å². The maximum Gasteiger partial charge on any atom is 0.132 e. The van der Waals surface area contributed by atoms with Gasteiger partial charge in [-0.1, -0.05) is 6.07 Å². The van der Waals surface area contributed by atoms with Crippen molar-refractivity contribution in [2.45, 2.75) is 6.92 Å². The van der Waals surface area contributed by atoms with Crippen LogP contribution in [0.25, 0.3) is 0 Å². The summed E-state index contributed by atoms with van der Waals surface area (Å²) in [5, 5.41) is 11.9. The minimum absolute atomic E-state index is 0.577. The van der Waals surface area contributed by atoms with Crippen molar-refractivity contribution < 1.29 is 4.74 Å². The number of aromatic nitrogens is 1. The lowest BCUT2D eigenvalue weighted by Crippen LogP contribution is -1.98. The standard InChI is InChI=1S/C14H13N3O/c1-2-16-14-9-13(6-7-17-14)18-12-5-3-4-11(8-12)10-15/h3-9H,2H2,1H3,(H,16,17). The van der Waals surface area contributed by atoms with Crippen LogP contribution in [0.3, 0.4) is 0 Å². The summed E-state index contributed by atoms with van der Waals surface area (Å²) in [4.78, 5) is 4.16. The minimum atomic E-state index is 0.577. The maximum atomic E-state index is 8.82. The van der Waals surface area contributed by atoms with Crippen LogP contribution >= 0.6 is 0 Å². The normalized spacial score (nSPS) is 9.56. The van der Waals surface area contributed by atoms with E-state index in [4.69, 9.17) is 10.00 Å². The van der Waals surface area contributed by atoms with Crippen molar-refractivity contribution >= 4 is 5.82 Å². The van der Waals surface area contributed by atoms with E-state index < -0.39 is 0 Å². The van der Waals surface area contributed by atoms with Crippen LogP contribution in [0.1, 0.15) is 12.5 Å². The molecule has 0 amide bonds. The summed E-state index contributed by atoms with van der Waals surface area (Å²) in [6, 6.07) is 12.7. The Kier molecular flexibility index (Phi) is 3.77. The second-order valence-electron chi connectivity index (χ2n) is 3.65. The first-order valence-corrected chi connectivity index (χ1v) is 5.70. The van der Waals surface area contributed by atoms with Gasteiger partial charge in [-0.15, -0.1) is 0 Å². The van der Waals surface area contributed by atoms with Crippen LogP contribution in [-0.4, -0.2) is 11.5 Å². The Bertz CT molecular complexity index is 575. The molecule has 0 unspecified atom stereocenters. The van der Waals surface area contributed by atoms with E-state index in [1.54, 1.807) is 30.5 Å². The molecular weight excluding hydrogens is 226 g/mol. The van der Waals surface area contributed by atoms with Crippen molar-refractivity contribution in [1.82, 2.24) is 4.98 Å². The van der Waals surface area contributed by atoms with Gasteiger partial charge in [0.1, 0.15) is 17.3 Å². The van der Waals surface area contributed by atoms with Gasteiger partial charge in [0, 0.05) is 18.8 Å². The van der Waals surface area contributed by atoms with Gasteiger partial charge in [-0.05, 0) is 31.2 Å².